The summed E-state index contributed by atoms with van der Waals surface area (Å²) in [5.41, 5.74) is -1.16. The van der Waals surface area contributed by atoms with E-state index >= 15 is 0 Å². The van der Waals surface area contributed by atoms with Crippen molar-refractivity contribution in [2.45, 2.75) is 162 Å². The predicted octanol–water partition coefficient (Wildman–Crippen LogP) is 5.25. The molecule has 0 aromatic carbocycles. The molecule has 0 unspecified atom stereocenters. The fourth-order valence-corrected chi connectivity index (χ4v) is 5.82. The van der Waals surface area contributed by atoms with Gasteiger partial charge in [0.1, 0.15) is 30.5 Å². The van der Waals surface area contributed by atoms with Crippen molar-refractivity contribution < 1.29 is 57.2 Å². The van der Waals surface area contributed by atoms with E-state index in [9.17, 15) is 28.8 Å². The Hall–Kier alpha value is -2.61. The van der Waals surface area contributed by atoms with E-state index in [1.165, 1.54) is 32.1 Å². The van der Waals surface area contributed by atoms with Gasteiger partial charge in [0.25, 0.3) is 0 Å². The molecule has 0 bridgehead atoms. The lowest BCUT2D eigenvalue weighted by molar-refractivity contribution is -0.159. The molecule has 4 amide bonds. The lowest BCUT2D eigenvalue weighted by Gasteiger charge is -2.24. The third kappa shape index (κ3) is 40.8. The van der Waals surface area contributed by atoms with Crippen LogP contribution in [0.1, 0.15) is 144 Å². The summed E-state index contributed by atoms with van der Waals surface area (Å²) in [6, 6.07) is -0.930. The second-order valence-corrected chi connectivity index (χ2v) is 17.7. The number of esters is 2. The largest absolute Gasteiger partial charge is 0.460 e. The van der Waals surface area contributed by atoms with Gasteiger partial charge in [-0.15, -0.1) is 0 Å². The summed E-state index contributed by atoms with van der Waals surface area (Å²) in [6.07, 6.45) is 13.9. The van der Waals surface area contributed by atoms with Gasteiger partial charge >= 0.3 is 11.9 Å². The Bertz CT molecular complexity index is 1180. The highest BCUT2D eigenvalue weighted by Crippen LogP contribution is 2.15. The summed E-state index contributed by atoms with van der Waals surface area (Å²) in [6.45, 7) is 13.5. The summed E-state index contributed by atoms with van der Waals surface area (Å²) < 4.78 is 33.0. The maximum absolute atomic E-state index is 12.9. The Labute approximate surface area is 373 Å². The minimum absolute atomic E-state index is 0.0136. The van der Waals surface area contributed by atoms with Crippen LogP contribution in [0.4, 0.5) is 0 Å². The first-order valence-corrected chi connectivity index (χ1v) is 23.5. The van der Waals surface area contributed by atoms with Crippen molar-refractivity contribution in [2.24, 2.45) is 0 Å². The van der Waals surface area contributed by atoms with Crippen molar-refractivity contribution in [3.8, 4) is 0 Å². The fourth-order valence-electron chi connectivity index (χ4n) is 5.55. The molecule has 350 valence electrons. The quantitative estimate of drug-likeness (QED) is 0.0271. The van der Waals surface area contributed by atoms with Crippen molar-refractivity contribution in [3.63, 3.8) is 0 Å². The molecule has 0 fully saturated rings. The highest BCUT2D eigenvalue weighted by Gasteiger charge is 2.27. The van der Waals surface area contributed by atoms with Gasteiger partial charge in [-0.3, -0.25) is 24.0 Å². The number of carbonyl (C=O) groups is 6. The summed E-state index contributed by atoms with van der Waals surface area (Å²) in [7, 11) is 0. The van der Waals surface area contributed by atoms with E-state index < -0.39 is 23.2 Å². The van der Waals surface area contributed by atoms with E-state index in [0.717, 1.165) is 49.4 Å². The fraction of sp³-hybridized carbons (Fsp3) is 0.860. The molecule has 0 saturated heterocycles. The number of carbonyl (C=O) groups excluding carboxylic acids is 6. The smallest absolute Gasteiger partial charge is 0.329 e. The van der Waals surface area contributed by atoms with E-state index in [2.05, 4.69) is 43.9 Å². The number of ether oxygens (including phenoxy) is 6. The zero-order valence-electron chi connectivity index (χ0n) is 37.7. The number of hydrogen-bond donors (Lipinski definition) is 4. The highest BCUT2D eigenvalue weighted by atomic mass is 127. The van der Waals surface area contributed by atoms with Gasteiger partial charge in [-0.2, -0.15) is 0 Å². The number of hydrogen-bond acceptors (Lipinski definition) is 12. The predicted molar refractivity (Wildman–Crippen MR) is 239 cm³/mol. The van der Waals surface area contributed by atoms with Crippen molar-refractivity contribution >= 4 is 58.2 Å². The summed E-state index contributed by atoms with van der Waals surface area (Å²) in [5, 5.41) is 10.9. The summed E-state index contributed by atoms with van der Waals surface area (Å²) >= 11 is 2.17. The Morgan fingerprint density at radius 1 is 0.467 bits per heavy atom. The normalized spacial score (nSPS) is 12.1. The Morgan fingerprint density at radius 2 is 0.883 bits per heavy atom. The van der Waals surface area contributed by atoms with E-state index in [1.807, 2.05) is 20.8 Å². The second kappa shape index (κ2) is 37.0. The Morgan fingerprint density at radius 3 is 1.35 bits per heavy atom. The number of halogens is 1. The van der Waals surface area contributed by atoms with Crippen LogP contribution in [0.2, 0.25) is 0 Å². The summed E-state index contributed by atoms with van der Waals surface area (Å²) in [5.74, 6) is -1.65. The average Bonchev–Trinajstić information content (AvgIpc) is 3.16. The van der Waals surface area contributed by atoms with Crippen LogP contribution in [-0.4, -0.2) is 130 Å². The van der Waals surface area contributed by atoms with Crippen molar-refractivity contribution in [1.29, 1.82) is 0 Å². The monoisotopic (exact) mass is 970 g/mol. The average molecular weight is 971 g/mol. The second-order valence-electron chi connectivity index (χ2n) is 16.6. The lowest BCUT2D eigenvalue weighted by atomic mass is 10.0. The molecular weight excluding hydrogens is 891 g/mol. The molecule has 16 nitrogen and oxygen atoms in total. The molecule has 0 rings (SSSR count). The first-order valence-electron chi connectivity index (χ1n) is 21.9. The van der Waals surface area contributed by atoms with E-state index in [-0.39, 0.29) is 88.6 Å². The SMILES string of the molecule is CC(C)(C)OC(=O)CCCCCCCCCCCCCCC(=O)N[C@@H](CCC(=O)NCCOCCOCC(=O)NCCOCCOCC(=O)NCCI)C(=O)OC(C)(C)C. The van der Waals surface area contributed by atoms with Gasteiger partial charge in [-0.05, 0) is 60.8 Å². The molecule has 0 saturated carbocycles. The molecule has 0 aliphatic carbocycles. The minimum Gasteiger partial charge on any atom is -0.460 e. The number of unbranched alkanes of at least 4 members (excludes halogenated alkanes) is 11. The molecule has 0 aromatic heterocycles. The van der Waals surface area contributed by atoms with Crippen molar-refractivity contribution in [1.82, 2.24) is 21.3 Å². The standard InChI is InChI=1S/C43H79IN4O12/c1-42(2,3)59-40(53)20-18-16-14-12-10-8-7-9-11-13-15-17-19-37(50)48-35(41(54)60-43(4,5)6)21-22-36(49)46-25-27-55-29-32-58-34-39(52)47-26-28-56-30-31-57-33-38(51)45-24-23-44/h35H,7-34H2,1-6H3,(H,45,51)(H,46,49)(H,47,52)(H,48,50)/t35-/m0/s1. The van der Waals surface area contributed by atoms with E-state index in [4.69, 9.17) is 28.4 Å². The Kier molecular flexibility index (Phi) is 35.4. The molecule has 60 heavy (non-hydrogen) atoms. The van der Waals surface area contributed by atoms with Gasteiger partial charge in [0.2, 0.25) is 23.6 Å². The van der Waals surface area contributed by atoms with Crippen LogP contribution < -0.4 is 21.3 Å². The zero-order chi connectivity index (χ0) is 44.9. The summed E-state index contributed by atoms with van der Waals surface area (Å²) in [4.78, 5) is 73.2. The number of amides is 4. The topological polar surface area (TPSA) is 206 Å². The van der Waals surface area contributed by atoms with Gasteiger partial charge in [-0.25, -0.2) is 4.79 Å². The molecule has 1 atom stereocenters. The van der Waals surface area contributed by atoms with Crippen LogP contribution >= 0.6 is 22.6 Å². The minimum atomic E-state index is -0.930. The first kappa shape index (κ1) is 57.4. The van der Waals surface area contributed by atoms with Crippen LogP contribution in [0.5, 0.6) is 0 Å². The van der Waals surface area contributed by atoms with Crippen molar-refractivity contribution in [3.05, 3.63) is 0 Å². The molecule has 0 spiro atoms. The van der Waals surface area contributed by atoms with E-state index in [1.54, 1.807) is 20.8 Å². The molecule has 0 aliphatic rings. The van der Waals surface area contributed by atoms with Gasteiger partial charge in [-0.1, -0.05) is 86.8 Å². The van der Waals surface area contributed by atoms with Crippen LogP contribution in [0.15, 0.2) is 0 Å². The maximum Gasteiger partial charge on any atom is 0.329 e. The van der Waals surface area contributed by atoms with Crippen LogP contribution in [0, 0.1) is 0 Å². The third-order valence-corrected chi connectivity index (χ3v) is 8.94. The number of nitrogens with one attached hydrogen (secondary N) is 4. The molecule has 0 heterocycles. The van der Waals surface area contributed by atoms with Crippen LogP contribution in [0.3, 0.4) is 0 Å². The molecule has 0 radical (unpaired) electrons. The maximum atomic E-state index is 12.9. The van der Waals surface area contributed by atoms with Gasteiger partial charge < -0.3 is 49.7 Å². The number of rotatable bonds is 38. The molecule has 4 N–H and O–H groups in total. The zero-order valence-corrected chi connectivity index (χ0v) is 39.8. The molecule has 0 aliphatic heterocycles. The van der Waals surface area contributed by atoms with Gasteiger partial charge in [0, 0.05) is 43.3 Å². The molecular formula is C43H79IN4O12. The Balaban J connectivity index is 4.01. The van der Waals surface area contributed by atoms with Crippen molar-refractivity contribution in [2.75, 3.05) is 76.9 Å². The van der Waals surface area contributed by atoms with Gasteiger partial charge in [0.15, 0.2) is 0 Å². The molecule has 17 heteroatoms. The molecule has 0 aromatic rings. The van der Waals surface area contributed by atoms with E-state index in [0.29, 0.717) is 39.1 Å². The first-order chi connectivity index (χ1) is 28.5. The van der Waals surface area contributed by atoms with Gasteiger partial charge in [0.05, 0.1) is 39.6 Å². The highest BCUT2D eigenvalue weighted by molar-refractivity contribution is 14.1. The van der Waals surface area contributed by atoms with Crippen LogP contribution in [0.25, 0.3) is 0 Å². The van der Waals surface area contributed by atoms with Crippen LogP contribution in [-0.2, 0) is 57.2 Å². The number of alkyl halides is 1. The third-order valence-electron chi connectivity index (χ3n) is 8.41. The lowest BCUT2D eigenvalue weighted by Crippen LogP contribution is -2.44.